The lowest BCUT2D eigenvalue weighted by Crippen LogP contribution is -2.23. The van der Waals surface area contributed by atoms with Gasteiger partial charge in [0.1, 0.15) is 0 Å². The average molecular weight is 168 g/mol. The highest BCUT2D eigenvalue weighted by atomic mass is 32.1. The van der Waals surface area contributed by atoms with Gasteiger partial charge in [0.2, 0.25) is 0 Å². The van der Waals surface area contributed by atoms with Crippen LogP contribution in [0.1, 0.15) is 5.56 Å². The van der Waals surface area contributed by atoms with Gasteiger partial charge >= 0.3 is 0 Å². The van der Waals surface area contributed by atoms with Gasteiger partial charge in [0.05, 0.1) is 6.21 Å². The molecule has 4 N–H and O–H groups in total. The number of aromatic amines is 1. The molecule has 1 aromatic rings. The van der Waals surface area contributed by atoms with Gasteiger partial charge in [-0.2, -0.15) is 5.10 Å². The molecule has 0 spiro atoms. The third kappa shape index (κ3) is 2.81. The molecular formula is C6H8N4S. The first kappa shape index (κ1) is 7.74. The molecule has 0 aliphatic rings. The van der Waals surface area contributed by atoms with E-state index in [-0.39, 0.29) is 5.11 Å². The molecule has 5 heteroatoms. The zero-order valence-electron chi connectivity index (χ0n) is 5.74. The smallest absolute Gasteiger partial charge is 0.184 e. The van der Waals surface area contributed by atoms with Crippen LogP contribution in [0.5, 0.6) is 0 Å². The minimum atomic E-state index is 0.164. The molecule has 0 aromatic carbocycles. The van der Waals surface area contributed by atoms with Crippen LogP contribution in [0.4, 0.5) is 0 Å². The molecular weight excluding hydrogens is 160 g/mol. The van der Waals surface area contributed by atoms with E-state index in [2.05, 4.69) is 27.7 Å². The van der Waals surface area contributed by atoms with Crippen LogP contribution in [0.25, 0.3) is 0 Å². The number of hydrogen-bond donors (Lipinski definition) is 3. The summed E-state index contributed by atoms with van der Waals surface area (Å²) in [4.78, 5) is 2.88. The molecule has 0 amide bonds. The second kappa shape index (κ2) is 3.72. The Kier molecular flexibility index (Phi) is 2.62. The zero-order chi connectivity index (χ0) is 8.10. The minimum absolute atomic E-state index is 0.164. The summed E-state index contributed by atoms with van der Waals surface area (Å²) in [6.45, 7) is 0. The van der Waals surface area contributed by atoms with Crippen molar-refractivity contribution in [2.24, 2.45) is 10.8 Å². The Bertz CT molecular complexity index is 252. The summed E-state index contributed by atoms with van der Waals surface area (Å²) in [5.74, 6) is 0. The van der Waals surface area contributed by atoms with Crippen molar-refractivity contribution in [2.45, 2.75) is 0 Å². The number of aromatic nitrogens is 1. The second-order valence-electron chi connectivity index (χ2n) is 1.88. The van der Waals surface area contributed by atoms with E-state index >= 15 is 0 Å². The molecule has 0 atom stereocenters. The van der Waals surface area contributed by atoms with Crippen molar-refractivity contribution in [3.63, 3.8) is 0 Å². The summed E-state index contributed by atoms with van der Waals surface area (Å²) >= 11 is 4.54. The number of thiocarbonyl (C=S) groups is 1. The van der Waals surface area contributed by atoms with Crippen LogP contribution in [0, 0.1) is 0 Å². The van der Waals surface area contributed by atoms with E-state index in [0.29, 0.717) is 0 Å². The van der Waals surface area contributed by atoms with E-state index < -0.39 is 0 Å². The highest BCUT2D eigenvalue weighted by Crippen LogP contribution is 1.89. The van der Waals surface area contributed by atoms with Crippen LogP contribution >= 0.6 is 12.2 Å². The number of hydrazone groups is 1. The van der Waals surface area contributed by atoms with Crippen LogP contribution in [0.3, 0.4) is 0 Å². The molecule has 0 radical (unpaired) electrons. The van der Waals surface area contributed by atoms with E-state index in [0.717, 1.165) is 5.56 Å². The summed E-state index contributed by atoms with van der Waals surface area (Å²) < 4.78 is 0. The van der Waals surface area contributed by atoms with Gasteiger partial charge < -0.3 is 10.7 Å². The normalized spacial score (nSPS) is 10.2. The highest BCUT2D eigenvalue weighted by Gasteiger charge is 1.84. The number of nitrogens with two attached hydrogens (primary N) is 1. The Morgan fingerprint density at radius 1 is 1.82 bits per heavy atom. The molecule has 1 rings (SSSR count). The van der Waals surface area contributed by atoms with Crippen molar-refractivity contribution in [2.75, 3.05) is 0 Å². The summed E-state index contributed by atoms with van der Waals surface area (Å²) in [5, 5.41) is 3.92. The maximum absolute atomic E-state index is 5.13. The first-order valence-corrected chi connectivity index (χ1v) is 3.41. The lowest BCUT2D eigenvalue weighted by molar-refractivity contribution is 1.04. The molecule has 1 aromatic heterocycles. The Morgan fingerprint density at radius 3 is 3.18 bits per heavy atom. The zero-order valence-corrected chi connectivity index (χ0v) is 6.56. The monoisotopic (exact) mass is 168 g/mol. The first-order chi connectivity index (χ1) is 5.29. The Balaban J connectivity index is 2.43. The van der Waals surface area contributed by atoms with Gasteiger partial charge in [0, 0.05) is 18.0 Å². The number of rotatable bonds is 2. The molecule has 0 bridgehead atoms. The highest BCUT2D eigenvalue weighted by molar-refractivity contribution is 7.80. The van der Waals surface area contributed by atoms with Gasteiger partial charge in [-0.1, -0.05) is 0 Å². The van der Waals surface area contributed by atoms with Crippen LogP contribution in [0.2, 0.25) is 0 Å². The third-order valence-electron chi connectivity index (χ3n) is 1.01. The third-order valence-corrected chi connectivity index (χ3v) is 1.10. The van der Waals surface area contributed by atoms with E-state index in [1.807, 2.05) is 18.5 Å². The van der Waals surface area contributed by atoms with Crippen molar-refractivity contribution >= 4 is 23.5 Å². The number of hydrogen-bond acceptors (Lipinski definition) is 2. The number of nitrogens with zero attached hydrogens (tertiary/aromatic N) is 1. The lowest BCUT2D eigenvalue weighted by atomic mass is 10.4. The first-order valence-electron chi connectivity index (χ1n) is 3.00. The van der Waals surface area contributed by atoms with Crippen molar-refractivity contribution in [3.8, 4) is 0 Å². The maximum atomic E-state index is 5.13. The molecule has 0 saturated carbocycles. The van der Waals surface area contributed by atoms with Gasteiger partial charge in [-0.25, -0.2) is 0 Å². The van der Waals surface area contributed by atoms with Crippen molar-refractivity contribution in [1.29, 1.82) is 0 Å². The van der Waals surface area contributed by atoms with E-state index in [1.165, 1.54) is 0 Å². The molecule has 58 valence electrons. The fraction of sp³-hybridized carbons (Fsp3) is 0. The lowest BCUT2D eigenvalue weighted by Gasteiger charge is -1.91. The standard InChI is InChI=1S/C6H8N4S/c7-6(11)10-9-4-5-1-2-8-3-5/h1-4,8H,(H3,7,10,11)/b9-4+. The van der Waals surface area contributed by atoms with Crippen molar-refractivity contribution < 1.29 is 0 Å². The minimum Gasteiger partial charge on any atom is -0.375 e. The molecule has 0 aliphatic heterocycles. The molecule has 0 aliphatic carbocycles. The molecule has 1 heterocycles. The fourth-order valence-electron chi connectivity index (χ4n) is 0.588. The SMILES string of the molecule is NC(=S)N/N=C/c1cc[nH]c1. The number of H-pyrrole nitrogens is 1. The number of nitrogens with one attached hydrogen (secondary N) is 2. The Labute approximate surface area is 69.5 Å². The quantitative estimate of drug-likeness (QED) is 0.335. The van der Waals surface area contributed by atoms with Crippen LogP contribution in [-0.2, 0) is 0 Å². The molecule has 0 saturated heterocycles. The molecule has 0 fully saturated rings. The summed E-state index contributed by atoms with van der Waals surface area (Å²) in [6.07, 6.45) is 5.24. The average Bonchev–Trinajstić information content (AvgIpc) is 2.39. The largest absolute Gasteiger partial charge is 0.375 e. The van der Waals surface area contributed by atoms with Gasteiger partial charge in [-0.15, -0.1) is 0 Å². The van der Waals surface area contributed by atoms with E-state index in [1.54, 1.807) is 6.21 Å². The predicted molar refractivity (Wildman–Crippen MR) is 48.3 cm³/mol. The predicted octanol–water partition coefficient (Wildman–Crippen LogP) is 0.182. The van der Waals surface area contributed by atoms with Crippen LogP contribution in [0.15, 0.2) is 23.6 Å². The molecule has 0 unspecified atom stereocenters. The summed E-state index contributed by atoms with van der Waals surface area (Å²) in [6, 6.07) is 1.88. The van der Waals surface area contributed by atoms with Crippen LogP contribution < -0.4 is 11.2 Å². The van der Waals surface area contributed by atoms with Gasteiger partial charge in [0.25, 0.3) is 0 Å². The van der Waals surface area contributed by atoms with Gasteiger partial charge in [-0.05, 0) is 18.3 Å². The van der Waals surface area contributed by atoms with E-state index in [4.69, 9.17) is 5.73 Å². The topological polar surface area (TPSA) is 66.2 Å². The summed E-state index contributed by atoms with van der Waals surface area (Å²) in [5.41, 5.74) is 8.55. The van der Waals surface area contributed by atoms with Gasteiger partial charge in [-0.3, -0.25) is 5.43 Å². The molecule has 4 nitrogen and oxygen atoms in total. The second-order valence-corrected chi connectivity index (χ2v) is 2.32. The van der Waals surface area contributed by atoms with Crippen molar-refractivity contribution in [3.05, 3.63) is 24.0 Å². The fourth-order valence-corrected chi connectivity index (χ4v) is 0.640. The summed E-state index contributed by atoms with van der Waals surface area (Å²) in [7, 11) is 0. The Morgan fingerprint density at radius 2 is 2.64 bits per heavy atom. The van der Waals surface area contributed by atoms with Crippen LogP contribution in [-0.4, -0.2) is 16.3 Å². The molecule has 11 heavy (non-hydrogen) atoms. The van der Waals surface area contributed by atoms with Crippen molar-refractivity contribution in [1.82, 2.24) is 10.4 Å². The maximum Gasteiger partial charge on any atom is 0.184 e. The Hall–Kier alpha value is -1.36. The van der Waals surface area contributed by atoms with Gasteiger partial charge in [0.15, 0.2) is 5.11 Å². The van der Waals surface area contributed by atoms with E-state index in [9.17, 15) is 0 Å².